The van der Waals surface area contributed by atoms with Gasteiger partial charge in [-0.2, -0.15) is 13.2 Å². The lowest BCUT2D eigenvalue weighted by atomic mass is 9.87. The lowest BCUT2D eigenvalue weighted by Gasteiger charge is -2.18. The van der Waals surface area contributed by atoms with Gasteiger partial charge in [-0.25, -0.2) is 9.37 Å². The molecule has 3 aromatic carbocycles. The number of ether oxygens (including phenoxy) is 1. The Morgan fingerprint density at radius 1 is 0.970 bits per heavy atom. The molecular weight excluding hydrogens is 500 g/mol. The first-order chi connectivity index (χ1) is 15.4. The van der Waals surface area contributed by atoms with E-state index in [0.29, 0.717) is 22.1 Å². The second-order valence-electron chi connectivity index (χ2n) is 8.80. The predicted octanol–water partition coefficient (Wildman–Crippen LogP) is 8.03. The maximum Gasteiger partial charge on any atom is 0.416 e. The van der Waals surface area contributed by atoms with Crippen molar-refractivity contribution in [3.8, 4) is 17.1 Å². The number of hydrogen-bond acceptors (Lipinski definition) is 2. The average Bonchev–Trinajstić information content (AvgIpc) is 3.16. The standard InChI is InChI=1S/C25H21BrF4N2O/c1-24(2,3)16-6-9-20-21(11-16)32-23(31-20)14-5-8-19(26)22(10-14)33-13-15-4-7-17(27)12-18(15)25(28,29)30/h4-12H,13H2,1-3H3,(H,31,32). The van der Waals surface area contributed by atoms with Gasteiger partial charge in [0, 0.05) is 11.1 Å². The molecule has 0 saturated carbocycles. The molecular formula is C25H21BrF4N2O. The summed E-state index contributed by atoms with van der Waals surface area (Å²) in [6, 6.07) is 13.9. The molecule has 172 valence electrons. The Morgan fingerprint density at radius 2 is 1.73 bits per heavy atom. The molecule has 33 heavy (non-hydrogen) atoms. The van der Waals surface area contributed by atoms with Crippen LogP contribution in [0.5, 0.6) is 5.75 Å². The Kier molecular flexibility index (Phi) is 5.99. The molecule has 1 heterocycles. The number of hydrogen-bond donors (Lipinski definition) is 1. The summed E-state index contributed by atoms with van der Waals surface area (Å²) in [4.78, 5) is 7.94. The van der Waals surface area contributed by atoms with Crippen LogP contribution in [0.2, 0.25) is 0 Å². The largest absolute Gasteiger partial charge is 0.488 e. The fourth-order valence-electron chi connectivity index (χ4n) is 3.47. The Morgan fingerprint density at radius 3 is 2.42 bits per heavy atom. The van der Waals surface area contributed by atoms with Crippen LogP contribution in [0, 0.1) is 5.82 Å². The highest BCUT2D eigenvalue weighted by Gasteiger charge is 2.34. The van der Waals surface area contributed by atoms with Crippen molar-refractivity contribution in [2.24, 2.45) is 0 Å². The number of rotatable bonds is 4. The quantitative estimate of drug-likeness (QED) is 0.276. The van der Waals surface area contributed by atoms with Crippen LogP contribution in [0.25, 0.3) is 22.4 Å². The molecule has 0 unspecified atom stereocenters. The summed E-state index contributed by atoms with van der Waals surface area (Å²) in [6.07, 6.45) is -4.68. The Balaban J connectivity index is 1.63. The van der Waals surface area contributed by atoms with Gasteiger partial charge in [0.1, 0.15) is 24.0 Å². The first kappa shape index (κ1) is 23.3. The lowest BCUT2D eigenvalue weighted by molar-refractivity contribution is -0.138. The molecule has 0 saturated heterocycles. The third-order valence-electron chi connectivity index (χ3n) is 5.31. The number of halogens is 5. The maximum absolute atomic E-state index is 13.4. The molecule has 0 aliphatic rings. The Bertz CT molecular complexity index is 1320. The Hall–Kier alpha value is -2.87. The molecule has 0 amide bonds. The zero-order valence-corrected chi connectivity index (χ0v) is 19.7. The monoisotopic (exact) mass is 520 g/mol. The summed E-state index contributed by atoms with van der Waals surface area (Å²) in [5, 5.41) is 0. The molecule has 0 fully saturated rings. The van der Waals surface area contributed by atoms with Crippen molar-refractivity contribution < 1.29 is 22.3 Å². The molecule has 0 bridgehead atoms. The summed E-state index contributed by atoms with van der Waals surface area (Å²) in [7, 11) is 0. The molecule has 4 aromatic rings. The molecule has 1 N–H and O–H groups in total. The molecule has 0 radical (unpaired) electrons. The van der Waals surface area contributed by atoms with Crippen LogP contribution >= 0.6 is 15.9 Å². The highest BCUT2D eigenvalue weighted by Crippen LogP contribution is 2.35. The Labute approximate surface area is 196 Å². The third-order valence-corrected chi connectivity index (χ3v) is 5.97. The van der Waals surface area contributed by atoms with Gasteiger partial charge >= 0.3 is 6.18 Å². The summed E-state index contributed by atoms with van der Waals surface area (Å²) in [5.74, 6) is 0.0146. The van der Waals surface area contributed by atoms with Crippen LogP contribution in [0.15, 0.2) is 59.1 Å². The van der Waals surface area contributed by atoms with Crippen LogP contribution < -0.4 is 4.74 Å². The minimum absolute atomic E-state index is 0.00624. The second kappa shape index (κ2) is 8.48. The molecule has 8 heteroatoms. The van der Waals surface area contributed by atoms with E-state index in [1.807, 2.05) is 18.2 Å². The van der Waals surface area contributed by atoms with Crippen molar-refractivity contribution in [3.63, 3.8) is 0 Å². The third kappa shape index (κ3) is 5.05. The van der Waals surface area contributed by atoms with Gasteiger partial charge in [0.15, 0.2) is 0 Å². The zero-order valence-electron chi connectivity index (χ0n) is 18.1. The van der Waals surface area contributed by atoms with E-state index in [1.165, 1.54) is 5.56 Å². The topological polar surface area (TPSA) is 37.9 Å². The molecule has 0 atom stereocenters. The fourth-order valence-corrected chi connectivity index (χ4v) is 3.83. The van der Waals surface area contributed by atoms with Crippen molar-refractivity contribution >= 4 is 27.0 Å². The molecule has 0 aliphatic carbocycles. The number of imidazole rings is 1. The molecule has 0 spiro atoms. The number of nitrogens with zero attached hydrogens (tertiary/aromatic N) is 1. The normalized spacial score (nSPS) is 12.4. The van der Waals surface area contributed by atoms with Gasteiger partial charge < -0.3 is 9.72 Å². The van der Waals surface area contributed by atoms with Crippen molar-refractivity contribution in [1.29, 1.82) is 0 Å². The zero-order chi connectivity index (χ0) is 24.0. The van der Waals surface area contributed by atoms with E-state index in [1.54, 1.807) is 12.1 Å². The van der Waals surface area contributed by atoms with Crippen molar-refractivity contribution in [2.45, 2.75) is 39.0 Å². The van der Waals surface area contributed by atoms with Crippen molar-refractivity contribution in [1.82, 2.24) is 9.97 Å². The van der Waals surface area contributed by atoms with Gasteiger partial charge in [-0.05, 0) is 69.4 Å². The van der Waals surface area contributed by atoms with Gasteiger partial charge in [-0.3, -0.25) is 0 Å². The smallest absolute Gasteiger partial charge is 0.416 e. The maximum atomic E-state index is 13.4. The lowest BCUT2D eigenvalue weighted by Crippen LogP contribution is -2.11. The van der Waals surface area contributed by atoms with E-state index < -0.39 is 17.6 Å². The van der Waals surface area contributed by atoms with Crippen molar-refractivity contribution in [3.05, 3.63) is 81.6 Å². The van der Waals surface area contributed by atoms with E-state index in [4.69, 9.17) is 4.74 Å². The SMILES string of the molecule is CC(C)(C)c1ccc2nc(-c3ccc(Br)c(OCc4ccc(F)cc4C(F)(F)F)c3)[nH]c2c1. The van der Waals surface area contributed by atoms with E-state index >= 15 is 0 Å². The second-order valence-corrected chi connectivity index (χ2v) is 9.65. The highest BCUT2D eigenvalue weighted by atomic mass is 79.9. The van der Waals surface area contributed by atoms with E-state index in [0.717, 1.165) is 28.7 Å². The van der Waals surface area contributed by atoms with E-state index in [-0.39, 0.29) is 17.6 Å². The van der Waals surface area contributed by atoms with Crippen LogP contribution in [-0.4, -0.2) is 9.97 Å². The molecule has 3 nitrogen and oxygen atoms in total. The van der Waals surface area contributed by atoms with Gasteiger partial charge in [0.2, 0.25) is 0 Å². The summed E-state index contributed by atoms with van der Waals surface area (Å²) in [5.41, 5.74) is 2.38. The number of fused-ring (bicyclic) bond motifs is 1. The number of aromatic nitrogens is 2. The molecule has 1 aromatic heterocycles. The van der Waals surface area contributed by atoms with Gasteiger partial charge in [-0.1, -0.05) is 32.9 Å². The van der Waals surface area contributed by atoms with Crippen LogP contribution in [0.3, 0.4) is 0 Å². The van der Waals surface area contributed by atoms with Crippen LogP contribution in [0.4, 0.5) is 17.6 Å². The predicted molar refractivity (Wildman–Crippen MR) is 124 cm³/mol. The van der Waals surface area contributed by atoms with E-state index in [2.05, 4.69) is 52.7 Å². The number of aromatic amines is 1. The molecule has 4 rings (SSSR count). The summed E-state index contributed by atoms with van der Waals surface area (Å²) >= 11 is 3.37. The average molecular weight is 521 g/mol. The number of H-pyrrole nitrogens is 1. The minimum atomic E-state index is -4.68. The van der Waals surface area contributed by atoms with Gasteiger partial charge in [0.25, 0.3) is 0 Å². The first-order valence-electron chi connectivity index (χ1n) is 10.2. The number of nitrogens with one attached hydrogen (secondary N) is 1. The summed E-state index contributed by atoms with van der Waals surface area (Å²) in [6.45, 7) is 6.03. The van der Waals surface area contributed by atoms with Gasteiger partial charge in [-0.15, -0.1) is 0 Å². The summed E-state index contributed by atoms with van der Waals surface area (Å²) < 4.78 is 59.5. The van der Waals surface area contributed by atoms with E-state index in [9.17, 15) is 17.6 Å². The van der Waals surface area contributed by atoms with Crippen LogP contribution in [0.1, 0.15) is 37.5 Å². The highest BCUT2D eigenvalue weighted by molar-refractivity contribution is 9.10. The van der Waals surface area contributed by atoms with Crippen molar-refractivity contribution in [2.75, 3.05) is 0 Å². The van der Waals surface area contributed by atoms with Crippen LogP contribution in [-0.2, 0) is 18.2 Å². The van der Waals surface area contributed by atoms with Gasteiger partial charge in [0.05, 0.1) is 21.1 Å². The fraction of sp³-hybridized carbons (Fsp3) is 0.240. The molecule has 0 aliphatic heterocycles. The minimum Gasteiger partial charge on any atom is -0.488 e. The number of benzene rings is 3. The first-order valence-corrected chi connectivity index (χ1v) is 11.0. The number of alkyl halides is 3.